The van der Waals surface area contributed by atoms with Crippen LogP contribution < -0.4 is 10.6 Å². The molecule has 0 bridgehead atoms. The van der Waals surface area contributed by atoms with Crippen LogP contribution in [0.2, 0.25) is 5.02 Å². The summed E-state index contributed by atoms with van der Waals surface area (Å²) in [4.78, 5) is 6.64. The predicted molar refractivity (Wildman–Crippen MR) is 89.1 cm³/mol. The zero-order valence-corrected chi connectivity index (χ0v) is 13.0. The van der Waals surface area contributed by atoms with Gasteiger partial charge in [0.1, 0.15) is 17.2 Å². The van der Waals surface area contributed by atoms with Crippen molar-refractivity contribution in [3.8, 4) is 11.3 Å². The summed E-state index contributed by atoms with van der Waals surface area (Å²) in [6.45, 7) is 1.97. The van der Waals surface area contributed by atoms with Crippen LogP contribution in [0.1, 0.15) is 5.56 Å². The number of aromatic nitrogens is 2. The molecule has 0 radical (unpaired) electrons. The van der Waals surface area contributed by atoms with Gasteiger partial charge >= 0.3 is 0 Å². The minimum atomic E-state index is 0.619. The molecule has 0 saturated carbocycles. The average Bonchev–Trinajstić information content (AvgIpc) is 2.79. The Morgan fingerprint density at radius 3 is 2.62 bits per heavy atom. The SMILES string of the molecule is Cc1ccc(-c2nc3ccc(N(C)C)cn3c2N)cc1Cl. The lowest BCUT2D eigenvalue weighted by Crippen LogP contribution is -2.09. The van der Waals surface area contributed by atoms with E-state index in [0.29, 0.717) is 5.82 Å². The highest BCUT2D eigenvalue weighted by Crippen LogP contribution is 2.30. The third-order valence-corrected chi connectivity index (χ3v) is 4.01. The van der Waals surface area contributed by atoms with Gasteiger partial charge in [0.05, 0.1) is 5.69 Å². The van der Waals surface area contributed by atoms with E-state index in [1.807, 2.05) is 66.8 Å². The Labute approximate surface area is 128 Å². The molecule has 0 unspecified atom stereocenters. The van der Waals surface area contributed by atoms with Crippen molar-refractivity contribution in [3.63, 3.8) is 0 Å². The number of fused-ring (bicyclic) bond motifs is 1. The standard InChI is InChI=1S/C16H17ClN4/c1-10-4-5-11(8-13(10)17)15-16(18)21-9-12(20(2)3)6-7-14(21)19-15/h4-9H,18H2,1-3H3. The Balaban J connectivity index is 2.19. The van der Waals surface area contributed by atoms with Crippen molar-refractivity contribution in [1.29, 1.82) is 0 Å². The summed E-state index contributed by atoms with van der Waals surface area (Å²) in [5.74, 6) is 0.619. The zero-order valence-electron chi connectivity index (χ0n) is 12.3. The second kappa shape index (κ2) is 4.97. The van der Waals surface area contributed by atoms with Crippen LogP contribution in [-0.4, -0.2) is 23.5 Å². The summed E-state index contributed by atoms with van der Waals surface area (Å²) in [5.41, 5.74) is 10.9. The Hall–Kier alpha value is -2.20. The molecule has 21 heavy (non-hydrogen) atoms. The number of aryl methyl sites for hydroxylation is 1. The first-order valence-corrected chi connectivity index (χ1v) is 7.06. The fraction of sp³-hybridized carbons (Fsp3) is 0.188. The van der Waals surface area contributed by atoms with Crippen molar-refractivity contribution in [3.05, 3.63) is 47.1 Å². The lowest BCUT2D eigenvalue weighted by molar-refractivity contribution is 1.09. The number of pyridine rings is 1. The molecule has 0 aliphatic carbocycles. The smallest absolute Gasteiger partial charge is 0.139 e. The van der Waals surface area contributed by atoms with Gasteiger partial charge in [0, 0.05) is 30.9 Å². The number of anilines is 2. The number of hydrogen-bond acceptors (Lipinski definition) is 3. The quantitative estimate of drug-likeness (QED) is 0.786. The summed E-state index contributed by atoms with van der Waals surface area (Å²) in [5, 5.41) is 0.720. The van der Waals surface area contributed by atoms with Gasteiger partial charge in [-0.3, -0.25) is 4.40 Å². The summed E-state index contributed by atoms with van der Waals surface area (Å²) in [6.07, 6.45) is 1.98. The number of hydrogen-bond donors (Lipinski definition) is 1. The lowest BCUT2D eigenvalue weighted by Gasteiger charge is -2.12. The molecule has 2 heterocycles. The molecule has 2 aromatic heterocycles. The van der Waals surface area contributed by atoms with Crippen molar-refractivity contribution < 1.29 is 0 Å². The molecule has 0 amide bonds. The van der Waals surface area contributed by atoms with Crippen LogP contribution >= 0.6 is 11.6 Å². The predicted octanol–water partition coefficient (Wildman–Crippen LogP) is 3.61. The van der Waals surface area contributed by atoms with Crippen molar-refractivity contribution in [2.75, 3.05) is 24.7 Å². The highest BCUT2D eigenvalue weighted by Gasteiger charge is 2.13. The minimum absolute atomic E-state index is 0.619. The molecule has 0 aliphatic heterocycles. The zero-order chi connectivity index (χ0) is 15.1. The summed E-state index contributed by atoms with van der Waals surface area (Å²) in [7, 11) is 3.99. The molecule has 3 aromatic rings. The van der Waals surface area contributed by atoms with Gasteiger partial charge in [-0.05, 0) is 30.7 Å². The first-order chi connectivity index (χ1) is 9.97. The van der Waals surface area contributed by atoms with Crippen LogP contribution in [0.4, 0.5) is 11.5 Å². The summed E-state index contributed by atoms with van der Waals surface area (Å²) in [6, 6.07) is 9.86. The van der Waals surface area contributed by atoms with Crippen molar-refractivity contribution in [2.24, 2.45) is 0 Å². The highest BCUT2D eigenvalue weighted by molar-refractivity contribution is 6.31. The molecule has 108 valence electrons. The van der Waals surface area contributed by atoms with Gasteiger partial charge in [-0.1, -0.05) is 23.7 Å². The molecule has 0 atom stereocenters. The third-order valence-electron chi connectivity index (χ3n) is 3.60. The van der Waals surface area contributed by atoms with Crippen molar-refractivity contribution in [2.45, 2.75) is 6.92 Å². The molecule has 2 N–H and O–H groups in total. The number of benzene rings is 1. The van der Waals surface area contributed by atoms with E-state index in [9.17, 15) is 0 Å². The van der Waals surface area contributed by atoms with Gasteiger partial charge in [0.25, 0.3) is 0 Å². The second-order valence-corrected chi connectivity index (χ2v) is 5.73. The highest BCUT2D eigenvalue weighted by atomic mass is 35.5. The molecule has 5 heteroatoms. The van der Waals surface area contributed by atoms with Gasteiger partial charge < -0.3 is 10.6 Å². The normalized spacial score (nSPS) is 11.0. The van der Waals surface area contributed by atoms with Gasteiger partial charge in [0.2, 0.25) is 0 Å². The molecule has 3 rings (SSSR count). The monoisotopic (exact) mass is 300 g/mol. The van der Waals surface area contributed by atoms with Crippen LogP contribution in [0.15, 0.2) is 36.5 Å². The van der Waals surface area contributed by atoms with E-state index < -0.39 is 0 Å². The average molecular weight is 301 g/mol. The van der Waals surface area contributed by atoms with Gasteiger partial charge in [0.15, 0.2) is 0 Å². The Bertz CT molecular complexity index is 821. The Kier molecular flexibility index (Phi) is 3.26. The van der Waals surface area contributed by atoms with E-state index in [1.165, 1.54) is 0 Å². The molecule has 0 fully saturated rings. The van der Waals surface area contributed by atoms with E-state index >= 15 is 0 Å². The number of rotatable bonds is 2. The van der Waals surface area contributed by atoms with Crippen LogP contribution in [0.3, 0.4) is 0 Å². The van der Waals surface area contributed by atoms with Crippen LogP contribution in [-0.2, 0) is 0 Å². The maximum Gasteiger partial charge on any atom is 0.139 e. The number of imidazole rings is 1. The maximum absolute atomic E-state index is 6.27. The van der Waals surface area contributed by atoms with Crippen molar-refractivity contribution >= 4 is 28.8 Å². The van der Waals surface area contributed by atoms with Crippen LogP contribution in [0.5, 0.6) is 0 Å². The first-order valence-electron chi connectivity index (χ1n) is 6.69. The number of halogens is 1. The van der Waals surface area contributed by atoms with E-state index in [0.717, 1.165) is 33.2 Å². The van der Waals surface area contributed by atoms with Crippen LogP contribution in [0.25, 0.3) is 16.9 Å². The largest absolute Gasteiger partial charge is 0.383 e. The van der Waals surface area contributed by atoms with Gasteiger partial charge in [-0.2, -0.15) is 0 Å². The molecule has 4 nitrogen and oxygen atoms in total. The minimum Gasteiger partial charge on any atom is -0.383 e. The number of nitrogen functional groups attached to an aromatic ring is 1. The first kappa shape index (κ1) is 13.8. The molecule has 0 aliphatic rings. The lowest BCUT2D eigenvalue weighted by atomic mass is 10.1. The van der Waals surface area contributed by atoms with Crippen molar-refractivity contribution in [1.82, 2.24) is 9.38 Å². The number of nitrogens with two attached hydrogens (primary N) is 1. The van der Waals surface area contributed by atoms with Gasteiger partial charge in [-0.15, -0.1) is 0 Å². The number of nitrogens with zero attached hydrogens (tertiary/aromatic N) is 3. The third kappa shape index (κ3) is 2.32. The summed E-state index contributed by atoms with van der Waals surface area (Å²) >= 11 is 6.20. The second-order valence-electron chi connectivity index (χ2n) is 5.32. The fourth-order valence-corrected chi connectivity index (χ4v) is 2.45. The molecule has 0 saturated heterocycles. The molecular formula is C16H17ClN4. The van der Waals surface area contributed by atoms with E-state index in [-0.39, 0.29) is 0 Å². The van der Waals surface area contributed by atoms with E-state index in [1.54, 1.807) is 0 Å². The molecule has 0 spiro atoms. The summed E-state index contributed by atoms with van der Waals surface area (Å²) < 4.78 is 1.90. The fourth-order valence-electron chi connectivity index (χ4n) is 2.27. The molecule has 1 aromatic carbocycles. The van der Waals surface area contributed by atoms with E-state index in [4.69, 9.17) is 17.3 Å². The Morgan fingerprint density at radius 2 is 1.95 bits per heavy atom. The topological polar surface area (TPSA) is 46.6 Å². The molecular weight excluding hydrogens is 284 g/mol. The Morgan fingerprint density at radius 1 is 1.19 bits per heavy atom. The van der Waals surface area contributed by atoms with Crippen LogP contribution in [0, 0.1) is 6.92 Å². The van der Waals surface area contributed by atoms with Gasteiger partial charge in [-0.25, -0.2) is 4.98 Å². The van der Waals surface area contributed by atoms with E-state index in [2.05, 4.69) is 4.98 Å². The maximum atomic E-state index is 6.27.